The number of methoxy groups -OCH3 is 1. The number of Topliss-reactive ketones (excluding diaryl/α,β-unsaturated/α-hetero) is 1. The van der Waals surface area contributed by atoms with Crippen LogP contribution in [0, 0.1) is 0 Å². The highest BCUT2D eigenvalue weighted by atomic mass is 35.5. The number of thioether (sulfide) groups is 1. The lowest BCUT2D eigenvalue weighted by Crippen LogP contribution is -2.34. The fourth-order valence-corrected chi connectivity index (χ4v) is 4.29. The smallest absolute Gasteiger partial charge is 0.337 e. The van der Waals surface area contributed by atoms with Crippen molar-refractivity contribution in [3.05, 3.63) is 34.7 Å². The van der Waals surface area contributed by atoms with E-state index in [0.717, 1.165) is 16.5 Å². The summed E-state index contributed by atoms with van der Waals surface area (Å²) in [5.41, 5.74) is 1.21. The molecule has 3 rings (SSSR count). The van der Waals surface area contributed by atoms with Crippen molar-refractivity contribution in [2.75, 3.05) is 12.9 Å². The van der Waals surface area contributed by atoms with Gasteiger partial charge in [-0.25, -0.2) is 9.55 Å². The summed E-state index contributed by atoms with van der Waals surface area (Å²) in [6, 6.07) is 3.50. The van der Waals surface area contributed by atoms with Crippen molar-refractivity contribution in [1.29, 1.82) is 0 Å². The molecular formula is C15H15ClN3O3S+. The predicted octanol–water partition coefficient (Wildman–Crippen LogP) is 1.93. The van der Waals surface area contributed by atoms with Crippen LogP contribution >= 0.6 is 23.4 Å². The summed E-state index contributed by atoms with van der Waals surface area (Å²) in [6.07, 6.45) is 2.02. The van der Waals surface area contributed by atoms with E-state index in [1.54, 1.807) is 24.0 Å². The highest BCUT2D eigenvalue weighted by Gasteiger charge is 2.44. The summed E-state index contributed by atoms with van der Waals surface area (Å²) >= 11 is 7.47. The van der Waals surface area contributed by atoms with E-state index >= 15 is 0 Å². The fourth-order valence-electron chi connectivity index (χ4n) is 2.80. The van der Waals surface area contributed by atoms with Crippen LogP contribution in [0.15, 0.2) is 23.5 Å². The summed E-state index contributed by atoms with van der Waals surface area (Å²) in [5, 5.41) is 1.31. The second-order valence-corrected chi connectivity index (χ2v) is 6.35. The van der Waals surface area contributed by atoms with Crippen molar-refractivity contribution >= 4 is 35.4 Å². The Morgan fingerprint density at radius 1 is 1.61 bits per heavy atom. The first kappa shape index (κ1) is 16.0. The number of nitrogens with zero attached hydrogens (tertiary/aromatic N) is 3. The maximum Gasteiger partial charge on any atom is 0.337 e. The minimum Gasteiger partial charge on any atom is -0.462 e. The van der Waals surface area contributed by atoms with Gasteiger partial charge in [-0.15, -0.1) is 0 Å². The van der Waals surface area contributed by atoms with E-state index in [9.17, 15) is 9.59 Å². The second-order valence-electron chi connectivity index (χ2n) is 4.98. The zero-order chi connectivity index (χ0) is 16.6. The number of fused-ring (bicyclic) bond motifs is 1. The highest BCUT2D eigenvalue weighted by Crippen LogP contribution is 2.40. The number of aldehydes is 1. The number of hydrogen-bond acceptors (Lipinski definition) is 5. The standard InChI is InChI=1S/C15H15ClN3O3S/c1-3-18-14(22-2)13(11(21)7-20)19-10(8-23-15(18)19)9-4-5-12(16)17-6-9/h4-7,10H,3,8H2,1-2H3/q+1. The first-order valence-electron chi connectivity index (χ1n) is 7.08. The molecule has 0 bridgehead atoms. The van der Waals surface area contributed by atoms with Gasteiger partial charge < -0.3 is 4.74 Å². The van der Waals surface area contributed by atoms with Gasteiger partial charge in [-0.1, -0.05) is 17.7 Å². The van der Waals surface area contributed by atoms with Gasteiger partial charge in [0.05, 0.1) is 19.4 Å². The number of pyridine rings is 1. The van der Waals surface area contributed by atoms with Gasteiger partial charge in [0.15, 0.2) is 6.29 Å². The zero-order valence-corrected chi connectivity index (χ0v) is 14.2. The van der Waals surface area contributed by atoms with Crippen molar-refractivity contribution in [1.82, 2.24) is 9.55 Å². The molecule has 0 spiro atoms. The first-order valence-corrected chi connectivity index (χ1v) is 8.44. The third-order valence-electron chi connectivity index (χ3n) is 3.79. The number of ketones is 1. The molecule has 0 radical (unpaired) electrons. The number of carbonyl (C=O) groups excluding carboxylic acids is 2. The van der Waals surface area contributed by atoms with Gasteiger partial charge in [0, 0.05) is 11.8 Å². The van der Waals surface area contributed by atoms with Crippen molar-refractivity contribution in [2.24, 2.45) is 0 Å². The molecule has 0 fully saturated rings. The van der Waals surface area contributed by atoms with E-state index in [-0.39, 0.29) is 11.7 Å². The van der Waals surface area contributed by atoms with Crippen LogP contribution in [-0.4, -0.2) is 34.5 Å². The van der Waals surface area contributed by atoms with Crippen LogP contribution < -0.4 is 9.30 Å². The van der Waals surface area contributed by atoms with Crippen LogP contribution in [0.3, 0.4) is 0 Å². The monoisotopic (exact) mass is 352 g/mol. The van der Waals surface area contributed by atoms with Crippen LogP contribution in [0.25, 0.3) is 0 Å². The quantitative estimate of drug-likeness (QED) is 0.270. The maximum atomic E-state index is 12.2. The molecule has 1 atom stereocenters. The van der Waals surface area contributed by atoms with E-state index in [1.807, 2.05) is 22.1 Å². The van der Waals surface area contributed by atoms with Gasteiger partial charge in [0.25, 0.3) is 11.5 Å². The lowest BCUT2D eigenvalue weighted by atomic mass is 10.1. The van der Waals surface area contributed by atoms with Gasteiger partial charge in [-0.2, -0.15) is 4.57 Å². The summed E-state index contributed by atoms with van der Waals surface area (Å²) in [6.45, 7) is 2.61. The minimum absolute atomic E-state index is 0.0969. The van der Waals surface area contributed by atoms with Crippen LogP contribution in [-0.2, 0) is 11.3 Å². The van der Waals surface area contributed by atoms with E-state index in [4.69, 9.17) is 16.3 Å². The molecule has 0 saturated heterocycles. The Hall–Kier alpha value is -1.86. The van der Waals surface area contributed by atoms with Crippen molar-refractivity contribution in [3.8, 4) is 5.88 Å². The van der Waals surface area contributed by atoms with Gasteiger partial charge in [0.2, 0.25) is 0 Å². The van der Waals surface area contributed by atoms with E-state index < -0.39 is 5.78 Å². The average molecular weight is 353 g/mol. The molecule has 8 heteroatoms. The second kappa shape index (κ2) is 6.33. The van der Waals surface area contributed by atoms with E-state index in [0.29, 0.717) is 23.9 Å². The molecule has 0 amide bonds. The molecule has 0 N–H and O–H groups in total. The molecule has 2 aromatic rings. The van der Waals surface area contributed by atoms with Gasteiger partial charge in [-0.3, -0.25) is 9.59 Å². The number of halogens is 1. The number of carbonyl (C=O) groups is 2. The van der Waals surface area contributed by atoms with Crippen molar-refractivity contribution in [3.63, 3.8) is 0 Å². The lowest BCUT2D eigenvalue weighted by molar-refractivity contribution is -0.733. The Labute approximate surface area is 142 Å². The largest absolute Gasteiger partial charge is 0.462 e. The van der Waals surface area contributed by atoms with Gasteiger partial charge >= 0.3 is 11.0 Å². The molecule has 0 aliphatic carbocycles. The predicted molar refractivity (Wildman–Crippen MR) is 85.4 cm³/mol. The molecule has 1 unspecified atom stereocenters. The maximum absolute atomic E-state index is 12.2. The van der Waals surface area contributed by atoms with Gasteiger partial charge in [-0.05, 0) is 24.8 Å². The molecule has 23 heavy (non-hydrogen) atoms. The fraction of sp³-hybridized carbons (Fsp3) is 0.333. The summed E-state index contributed by atoms with van der Waals surface area (Å²) in [4.78, 5) is 27.4. The molecule has 6 nitrogen and oxygen atoms in total. The topological polar surface area (TPSA) is 65.1 Å². The van der Waals surface area contributed by atoms with E-state index in [1.165, 1.54) is 7.11 Å². The number of rotatable bonds is 5. The summed E-state index contributed by atoms with van der Waals surface area (Å²) in [5.74, 6) is 0.574. The molecule has 1 aliphatic rings. The van der Waals surface area contributed by atoms with Crippen LogP contribution in [0.2, 0.25) is 5.15 Å². The zero-order valence-electron chi connectivity index (χ0n) is 12.7. The molecule has 0 saturated carbocycles. The Balaban J connectivity index is 2.20. The van der Waals surface area contributed by atoms with Gasteiger partial charge in [0.1, 0.15) is 11.2 Å². The summed E-state index contributed by atoms with van der Waals surface area (Å²) in [7, 11) is 1.50. The SMILES string of the molecule is CC[n+]1c(OC)c(C(=O)C=O)n2c1SCC2c1ccc(Cl)nc1. The van der Waals surface area contributed by atoms with Crippen molar-refractivity contribution < 1.29 is 18.9 Å². The highest BCUT2D eigenvalue weighted by molar-refractivity contribution is 7.99. The molecule has 1 aliphatic heterocycles. The molecule has 120 valence electrons. The number of imidazole rings is 1. The third kappa shape index (κ3) is 2.53. The summed E-state index contributed by atoms with van der Waals surface area (Å²) < 4.78 is 9.18. The Morgan fingerprint density at radius 3 is 2.96 bits per heavy atom. The number of ether oxygens (including phenoxy) is 1. The Bertz CT molecular complexity index is 773. The first-order chi connectivity index (χ1) is 11.1. The van der Waals surface area contributed by atoms with E-state index in [2.05, 4.69) is 4.98 Å². The molecular weight excluding hydrogens is 338 g/mol. The average Bonchev–Trinajstić information content (AvgIpc) is 3.11. The van der Waals surface area contributed by atoms with Crippen LogP contribution in [0.5, 0.6) is 5.88 Å². The number of aromatic nitrogens is 3. The normalized spacial score (nSPS) is 16.2. The molecule has 3 heterocycles. The Morgan fingerprint density at radius 2 is 2.39 bits per heavy atom. The lowest BCUT2D eigenvalue weighted by Gasteiger charge is -2.09. The van der Waals surface area contributed by atoms with Crippen LogP contribution in [0.4, 0.5) is 0 Å². The molecule has 2 aromatic heterocycles. The molecule has 0 aromatic carbocycles. The van der Waals surface area contributed by atoms with Crippen molar-refractivity contribution in [2.45, 2.75) is 24.7 Å². The van der Waals surface area contributed by atoms with Crippen LogP contribution in [0.1, 0.15) is 29.0 Å². The minimum atomic E-state index is -0.593. The number of hydrogen-bond donors (Lipinski definition) is 0. The Kier molecular flexibility index (Phi) is 4.41. The third-order valence-corrected chi connectivity index (χ3v) is 5.17.